The van der Waals surface area contributed by atoms with Crippen molar-refractivity contribution < 1.29 is 17.9 Å². The van der Waals surface area contributed by atoms with Gasteiger partial charge in [-0.05, 0) is 47.3 Å². The maximum Gasteiger partial charge on any atom is 0.244 e. The molecular formula is C14H22BrClN2O4S. The van der Waals surface area contributed by atoms with Crippen LogP contribution in [0, 0.1) is 5.92 Å². The molecule has 1 unspecified atom stereocenters. The van der Waals surface area contributed by atoms with Crippen LogP contribution < -0.4 is 15.2 Å². The van der Waals surface area contributed by atoms with Gasteiger partial charge in [0.1, 0.15) is 4.90 Å². The van der Waals surface area contributed by atoms with Gasteiger partial charge >= 0.3 is 0 Å². The monoisotopic (exact) mass is 428 g/mol. The van der Waals surface area contributed by atoms with E-state index in [2.05, 4.69) is 15.9 Å². The molecule has 6 nitrogen and oxygen atoms in total. The number of nitrogens with two attached hydrogens (primary N) is 1. The van der Waals surface area contributed by atoms with E-state index >= 15 is 0 Å². The molecule has 0 bridgehead atoms. The maximum absolute atomic E-state index is 12.9. The number of rotatable bonds is 5. The van der Waals surface area contributed by atoms with E-state index < -0.39 is 10.0 Å². The molecule has 1 aromatic rings. The zero-order chi connectivity index (χ0) is 16.3. The number of sulfonamides is 1. The number of benzene rings is 1. The van der Waals surface area contributed by atoms with E-state index in [0.29, 0.717) is 35.6 Å². The number of hydrogen-bond acceptors (Lipinski definition) is 5. The Hall–Kier alpha value is -0.540. The summed E-state index contributed by atoms with van der Waals surface area (Å²) in [4.78, 5) is 0.183. The highest BCUT2D eigenvalue weighted by molar-refractivity contribution is 9.10. The molecule has 1 aliphatic rings. The largest absolute Gasteiger partial charge is 0.493 e. The lowest BCUT2D eigenvalue weighted by Gasteiger charge is -2.31. The summed E-state index contributed by atoms with van der Waals surface area (Å²) in [5.74, 6) is 1.07. The first-order valence-electron chi connectivity index (χ1n) is 7.05. The number of methoxy groups -OCH3 is 2. The van der Waals surface area contributed by atoms with Gasteiger partial charge in [-0.1, -0.05) is 0 Å². The van der Waals surface area contributed by atoms with Gasteiger partial charge in [0.05, 0.1) is 14.2 Å². The second kappa shape index (κ2) is 8.53. The Kier molecular flexibility index (Phi) is 7.60. The standard InChI is InChI=1S/C14H21BrN2O4S.ClH/c1-20-12-6-11(15)14(7-13(12)21-2)22(18,19)17-5-3-4-10(8-16)9-17;/h6-7,10H,3-5,8-9,16H2,1-2H3;1H. The molecule has 132 valence electrons. The van der Waals surface area contributed by atoms with Crippen LogP contribution in [-0.4, -0.2) is 46.6 Å². The Morgan fingerprint density at radius 2 is 1.91 bits per heavy atom. The molecule has 2 N–H and O–H groups in total. The molecule has 0 aromatic heterocycles. The van der Waals surface area contributed by atoms with Gasteiger partial charge in [0.25, 0.3) is 0 Å². The highest BCUT2D eigenvalue weighted by atomic mass is 79.9. The van der Waals surface area contributed by atoms with Crippen molar-refractivity contribution in [3.8, 4) is 11.5 Å². The van der Waals surface area contributed by atoms with E-state index in [1.807, 2.05) is 0 Å². The van der Waals surface area contributed by atoms with Crippen LogP contribution in [0.1, 0.15) is 12.8 Å². The fourth-order valence-electron chi connectivity index (χ4n) is 2.61. The van der Waals surface area contributed by atoms with Gasteiger partial charge in [-0.3, -0.25) is 0 Å². The summed E-state index contributed by atoms with van der Waals surface area (Å²) in [6.45, 7) is 1.47. The molecule has 2 rings (SSSR count). The molecule has 1 fully saturated rings. The first-order valence-corrected chi connectivity index (χ1v) is 9.29. The van der Waals surface area contributed by atoms with Crippen LogP contribution in [0.3, 0.4) is 0 Å². The molecule has 1 saturated heterocycles. The summed E-state index contributed by atoms with van der Waals surface area (Å²) in [5.41, 5.74) is 5.69. The number of halogens is 2. The van der Waals surface area contributed by atoms with E-state index in [4.69, 9.17) is 15.2 Å². The quantitative estimate of drug-likeness (QED) is 0.776. The van der Waals surface area contributed by atoms with Crippen molar-refractivity contribution in [1.82, 2.24) is 4.31 Å². The molecule has 0 aliphatic carbocycles. The van der Waals surface area contributed by atoms with Gasteiger partial charge in [-0.2, -0.15) is 4.31 Å². The molecule has 0 amide bonds. The second-order valence-electron chi connectivity index (χ2n) is 5.24. The summed E-state index contributed by atoms with van der Waals surface area (Å²) in [5, 5.41) is 0. The number of nitrogens with zero attached hydrogens (tertiary/aromatic N) is 1. The van der Waals surface area contributed by atoms with Crippen LogP contribution in [0.5, 0.6) is 11.5 Å². The van der Waals surface area contributed by atoms with E-state index in [1.165, 1.54) is 24.6 Å². The topological polar surface area (TPSA) is 81.9 Å². The molecule has 0 saturated carbocycles. The second-order valence-corrected chi connectivity index (χ2v) is 8.01. The van der Waals surface area contributed by atoms with Crippen molar-refractivity contribution >= 4 is 38.4 Å². The number of piperidine rings is 1. The SMILES string of the molecule is COc1cc(Br)c(S(=O)(=O)N2CCCC(CN)C2)cc1OC.Cl. The Balaban J connectivity index is 0.00000264. The first kappa shape index (κ1) is 20.5. The Labute approximate surface area is 151 Å². The normalized spacial score (nSPS) is 19.0. The average molecular weight is 430 g/mol. The summed E-state index contributed by atoms with van der Waals surface area (Å²) in [6, 6.07) is 3.10. The van der Waals surface area contributed by atoms with Gasteiger partial charge in [0, 0.05) is 23.6 Å². The van der Waals surface area contributed by atoms with Crippen molar-refractivity contribution in [2.45, 2.75) is 17.7 Å². The van der Waals surface area contributed by atoms with Crippen molar-refractivity contribution in [2.24, 2.45) is 11.7 Å². The maximum atomic E-state index is 12.9. The summed E-state index contributed by atoms with van der Waals surface area (Å²) >= 11 is 3.32. The minimum absolute atomic E-state index is 0. The minimum Gasteiger partial charge on any atom is -0.493 e. The average Bonchev–Trinajstić information content (AvgIpc) is 2.54. The highest BCUT2D eigenvalue weighted by Gasteiger charge is 2.32. The van der Waals surface area contributed by atoms with E-state index in [9.17, 15) is 8.42 Å². The van der Waals surface area contributed by atoms with Crippen molar-refractivity contribution in [1.29, 1.82) is 0 Å². The Morgan fingerprint density at radius 3 is 2.48 bits per heavy atom. The van der Waals surface area contributed by atoms with Crippen molar-refractivity contribution in [2.75, 3.05) is 33.9 Å². The zero-order valence-electron chi connectivity index (χ0n) is 13.1. The van der Waals surface area contributed by atoms with Crippen LogP contribution in [0.2, 0.25) is 0 Å². The smallest absolute Gasteiger partial charge is 0.244 e. The summed E-state index contributed by atoms with van der Waals surface area (Å²) < 4.78 is 38.1. The van der Waals surface area contributed by atoms with Crippen LogP contribution in [0.25, 0.3) is 0 Å². The third-order valence-corrected chi connectivity index (χ3v) is 6.69. The van der Waals surface area contributed by atoms with Gasteiger partial charge < -0.3 is 15.2 Å². The van der Waals surface area contributed by atoms with Crippen molar-refractivity contribution in [3.63, 3.8) is 0 Å². The predicted molar refractivity (Wildman–Crippen MR) is 95.0 cm³/mol. The minimum atomic E-state index is -3.60. The lowest BCUT2D eigenvalue weighted by Crippen LogP contribution is -2.42. The number of hydrogen-bond donors (Lipinski definition) is 1. The van der Waals surface area contributed by atoms with E-state index in [0.717, 1.165) is 12.8 Å². The molecule has 1 aliphatic heterocycles. The zero-order valence-corrected chi connectivity index (χ0v) is 16.3. The first-order chi connectivity index (χ1) is 10.4. The van der Waals surface area contributed by atoms with Crippen LogP contribution in [-0.2, 0) is 10.0 Å². The Bertz CT molecular complexity index is 642. The van der Waals surface area contributed by atoms with Crippen molar-refractivity contribution in [3.05, 3.63) is 16.6 Å². The fourth-order valence-corrected chi connectivity index (χ4v) is 5.16. The van der Waals surface area contributed by atoms with Gasteiger partial charge in [0.15, 0.2) is 11.5 Å². The van der Waals surface area contributed by atoms with Crippen LogP contribution in [0.4, 0.5) is 0 Å². The molecule has 1 atom stereocenters. The third-order valence-electron chi connectivity index (χ3n) is 3.87. The fraction of sp³-hybridized carbons (Fsp3) is 0.571. The van der Waals surface area contributed by atoms with Gasteiger partial charge in [-0.25, -0.2) is 8.42 Å². The van der Waals surface area contributed by atoms with Gasteiger partial charge in [-0.15, -0.1) is 12.4 Å². The summed E-state index contributed by atoms with van der Waals surface area (Å²) in [7, 11) is -0.609. The lowest BCUT2D eigenvalue weighted by atomic mass is 10.0. The van der Waals surface area contributed by atoms with E-state index in [-0.39, 0.29) is 23.2 Å². The molecule has 1 aromatic carbocycles. The molecule has 9 heteroatoms. The van der Waals surface area contributed by atoms with Gasteiger partial charge in [0.2, 0.25) is 10.0 Å². The molecule has 23 heavy (non-hydrogen) atoms. The molecule has 0 radical (unpaired) electrons. The molecule has 0 spiro atoms. The van der Waals surface area contributed by atoms with Crippen LogP contribution in [0.15, 0.2) is 21.5 Å². The Morgan fingerprint density at radius 1 is 1.30 bits per heavy atom. The summed E-state index contributed by atoms with van der Waals surface area (Å²) in [6.07, 6.45) is 1.79. The van der Waals surface area contributed by atoms with Crippen LogP contribution >= 0.6 is 28.3 Å². The van der Waals surface area contributed by atoms with E-state index in [1.54, 1.807) is 6.07 Å². The lowest BCUT2D eigenvalue weighted by molar-refractivity contribution is 0.271. The highest BCUT2D eigenvalue weighted by Crippen LogP contribution is 2.37. The molecule has 1 heterocycles. The third kappa shape index (κ3) is 4.30. The predicted octanol–water partition coefficient (Wildman–Crippen LogP) is 2.25. The number of ether oxygens (including phenoxy) is 2. The molecular weight excluding hydrogens is 408 g/mol.